The van der Waals surface area contributed by atoms with E-state index in [1.54, 1.807) is 12.1 Å². The molecule has 1 atom stereocenters. The molecule has 1 aromatic carbocycles. The molecule has 0 fully saturated rings. The lowest BCUT2D eigenvalue weighted by Crippen LogP contribution is -2.36. The Morgan fingerprint density at radius 3 is 2.59 bits per heavy atom. The Bertz CT molecular complexity index is 856. The van der Waals surface area contributed by atoms with Gasteiger partial charge in [-0.05, 0) is 61.7 Å². The van der Waals surface area contributed by atoms with E-state index in [1.165, 1.54) is 25.3 Å². The Morgan fingerprint density at radius 2 is 1.94 bits per heavy atom. The summed E-state index contributed by atoms with van der Waals surface area (Å²) in [5.74, 6) is -0.711. The van der Waals surface area contributed by atoms with E-state index in [9.17, 15) is 19.7 Å². The van der Waals surface area contributed by atoms with Crippen LogP contribution >= 0.6 is 24.6 Å². The van der Waals surface area contributed by atoms with E-state index in [2.05, 4.69) is 10.2 Å². The zero-order valence-electron chi connectivity index (χ0n) is 18.6. The minimum Gasteiger partial charge on any atom is -0.493 e. The van der Waals surface area contributed by atoms with Crippen LogP contribution in [0.15, 0.2) is 24.3 Å². The first-order chi connectivity index (χ1) is 15.7. The third-order valence-corrected chi connectivity index (χ3v) is 4.23. The molecule has 0 heterocycles. The predicted octanol–water partition coefficient (Wildman–Crippen LogP) is 1.51. The first-order valence-corrected chi connectivity index (χ1v) is 10.4. The molecule has 0 spiro atoms. The van der Waals surface area contributed by atoms with E-state index < -0.39 is 23.1 Å². The molecule has 1 unspecified atom stereocenters. The molecule has 14 heteroatoms. The fourth-order valence-corrected chi connectivity index (χ4v) is 2.54. The zero-order chi connectivity index (χ0) is 24.6. The number of nitrogens with one attached hydrogen (secondary N) is 1. The lowest BCUT2D eigenvalue weighted by molar-refractivity contribution is -0.757. The molecule has 0 aliphatic rings. The number of hydrogen-bond donors (Lipinski definition) is 3. The fraction of sp³-hybridized carbons (Fsp3) is 0.450. The van der Waals surface area contributed by atoms with Gasteiger partial charge in [-0.15, -0.1) is 22.5 Å². The molecule has 0 bridgehead atoms. The van der Waals surface area contributed by atoms with Crippen LogP contribution in [-0.4, -0.2) is 55.0 Å². The fourth-order valence-electron chi connectivity index (χ4n) is 2.44. The van der Waals surface area contributed by atoms with Gasteiger partial charge in [0.15, 0.2) is 16.6 Å². The maximum absolute atomic E-state index is 12.2. The summed E-state index contributed by atoms with van der Waals surface area (Å²) in [6.45, 7) is 0.554. The van der Waals surface area contributed by atoms with Gasteiger partial charge in [-0.3, -0.25) is 0 Å². The Kier molecular flexibility index (Phi) is 15.7. The zero-order valence-corrected chi connectivity index (χ0v) is 20.2. The molecule has 0 saturated heterocycles. The minimum atomic E-state index is -0.872. The first-order valence-electron chi connectivity index (χ1n) is 10.0. The Hall–Kier alpha value is -3.16. The molecule has 5 N–H and O–H groups in total. The number of thiocarbonyl (C=S) groups is 1. The van der Waals surface area contributed by atoms with Crippen molar-refractivity contribution in [1.29, 1.82) is 0 Å². The molecular weight excluding hydrogens is 492 g/mol. The van der Waals surface area contributed by atoms with E-state index in [4.69, 9.17) is 37.9 Å². The molecule has 0 saturated carbocycles. The van der Waals surface area contributed by atoms with Gasteiger partial charge in [-0.1, -0.05) is 6.07 Å². The van der Waals surface area contributed by atoms with Crippen molar-refractivity contribution in [2.45, 2.75) is 31.7 Å². The topological polar surface area (TPSA) is 178 Å². The summed E-state index contributed by atoms with van der Waals surface area (Å²) < 4.78 is 15.6. The molecule has 0 radical (unpaired) electrons. The van der Waals surface area contributed by atoms with Crippen LogP contribution in [-0.2, 0) is 19.2 Å². The van der Waals surface area contributed by atoms with Gasteiger partial charge in [0.25, 0.3) is 5.09 Å². The number of carbonyl (C=O) groups is 2. The van der Waals surface area contributed by atoms with Crippen LogP contribution < -0.4 is 26.3 Å². The summed E-state index contributed by atoms with van der Waals surface area (Å²) in [5, 5.41) is 12.1. The highest BCUT2D eigenvalue weighted by Gasteiger charge is 2.18. The van der Waals surface area contributed by atoms with Gasteiger partial charge in [0.05, 0.1) is 20.3 Å². The predicted molar refractivity (Wildman–Crippen MR) is 130 cm³/mol. The van der Waals surface area contributed by atoms with Gasteiger partial charge in [0, 0.05) is 12.6 Å². The number of rotatable bonds is 15. The minimum absolute atomic E-state index is 0. The Morgan fingerprint density at radius 1 is 1.24 bits per heavy atom. The van der Waals surface area contributed by atoms with Crippen molar-refractivity contribution in [3.63, 3.8) is 0 Å². The number of halogens is 1. The molecule has 12 nitrogen and oxygen atoms in total. The summed E-state index contributed by atoms with van der Waals surface area (Å²) in [7, 11) is 1.42. The number of esters is 2. The molecule has 0 aliphatic heterocycles. The van der Waals surface area contributed by atoms with E-state index >= 15 is 0 Å². The van der Waals surface area contributed by atoms with Crippen molar-refractivity contribution in [2.75, 3.05) is 26.9 Å². The maximum atomic E-state index is 12.2. The number of unbranched alkanes of at least 4 members (excludes halogenated alkanes) is 1. The summed E-state index contributed by atoms with van der Waals surface area (Å²) in [5.41, 5.74) is 11.8. The Labute approximate surface area is 208 Å². The number of benzene rings is 1. The molecular formula is C20H29ClN4O8S. The standard InChI is InChI=1S/C20H28N4O8S.ClH/c1-29-17-13-14(7-9-18(25)30-11-2-3-12-31-24(27)28)6-8-16(17)32-19(26)15(21)5-4-10-23-20(22)33;/h6-9,13,15H,2-5,10-12,21H2,1H3,(H3,22,23,33);1H/b9-7+;. The average Bonchev–Trinajstić information content (AvgIpc) is 2.77. The highest BCUT2D eigenvalue weighted by atomic mass is 35.5. The highest BCUT2D eigenvalue weighted by Crippen LogP contribution is 2.29. The maximum Gasteiger partial charge on any atom is 0.330 e. The van der Waals surface area contributed by atoms with Crippen LogP contribution in [0.1, 0.15) is 31.2 Å². The molecule has 1 aromatic rings. The van der Waals surface area contributed by atoms with E-state index in [0.717, 1.165) is 0 Å². The highest BCUT2D eigenvalue weighted by molar-refractivity contribution is 7.80. The van der Waals surface area contributed by atoms with Crippen molar-refractivity contribution in [2.24, 2.45) is 11.5 Å². The van der Waals surface area contributed by atoms with Crippen LogP contribution in [0.2, 0.25) is 0 Å². The lowest BCUT2D eigenvalue weighted by atomic mass is 10.1. The van der Waals surface area contributed by atoms with Gasteiger partial charge in [0.1, 0.15) is 6.04 Å². The normalized spacial score (nSPS) is 11.1. The summed E-state index contributed by atoms with van der Waals surface area (Å²) in [4.78, 5) is 38.2. The number of carbonyl (C=O) groups excluding carboxylic acids is 2. The van der Waals surface area contributed by atoms with Gasteiger partial charge in [-0.25, -0.2) is 9.59 Å². The van der Waals surface area contributed by atoms with E-state index in [-0.39, 0.29) is 42.2 Å². The van der Waals surface area contributed by atoms with Crippen molar-refractivity contribution in [1.82, 2.24) is 5.32 Å². The van der Waals surface area contributed by atoms with Gasteiger partial charge in [-0.2, -0.15) is 0 Å². The van der Waals surface area contributed by atoms with E-state index in [0.29, 0.717) is 37.8 Å². The summed E-state index contributed by atoms with van der Waals surface area (Å²) in [6.07, 6.45) is 4.51. The van der Waals surface area contributed by atoms with Crippen molar-refractivity contribution in [3.8, 4) is 11.5 Å². The second-order valence-corrected chi connectivity index (χ2v) is 7.08. The summed E-state index contributed by atoms with van der Waals surface area (Å²) in [6, 6.07) is 3.90. The van der Waals surface area contributed by atoms with Crippen LogP contribution in [0.3, 0.4) is 0 Å². The van der Waals surface area contributed by atoms with Crippen LogP contribution in [0.25, 0.3) is 6.08 Å². The van der Waals surface area contributed by atoms with E-state index in [1.807, 2.05) is 0 Å². The van der Waals surface area contributed by atoms with Crippen molar-refractivity contribution < 1.29 is 33.7 Å². The number of nitrogens with zero attached hydrogens (tertiary/aromatic N) is 1. The van der Waals surface area contributed by atoms with Crippen molar-refractivity contribution >= 4 is 47.8 Å². The smallest absolute Gasteiger partial charge is 0.330 e. The Balaban J connectivity index is 0.0000109. The lowest BCUT2D eigenvalue weighted by Gasteiger charge is -2.14. The molecule has 0 aromatic heterocycles. The second kappa shape index (κ2) is 17.3. The SMILES string of the molecule is COc1cc(/C=C/C(=O)OCCCCO[N+](=O)[O-])ccc1OC(=O)C(N)CCCNC(N)=S.Cl. The monoisotopic (exact) mass is 520 g/mol. The number of methoxy groups -OCH3 is 1. The largest absolute Gasteiger partial charge is 0.493 e. The number of nitrogens with two attached hydrogens (primary N) is 2. The molecule has 1 rings (SSSR count). The second-order valence-electron chi connectivity index (χ2n) is 6.64. The average molecular weight is 521 g/mol. The van der Waals surface area contributed by atoms with Crippen LogP contribution in [0.5, 0.6) is 11.5 Å². The first kappa shape index (κ1) is 30.8. The molecule has 0 amide bonds. The van der Waals surface area contributed by atoms with Gasteiger partial charge < -0.3 is 35.8 Å². The number of ether oxygens (including phenoxy) is 3. The quantitative estimate of drug-likeness (QED) is 0.0578. The van der Waals surface area contributed by atoms with Crippen LogP contribution in [0.4, 0.5) is 0 Å². The molecule has 190 valence electrons. The number of hydrogen-bond acceptors (Lipinski definition) is 10. The molecule has 0 aliphatic carbocycles. The van der Waals surface area contributed by atoms with Crippen LogP contribution in [0, 0.1) is 10.1 Å². The summed E-state index contributed by atoms with van der Waals surface area (Å²) >= 11 is 4.70. The molecule has 34 heavy (non-hydrogen) atoms. The van der Waals surface area contributed by atoms with Gasteiger partial charge in [0.2, 0.25) is 0 Å². The van der Waals surface area contributed by atoms with Gasteiger partial charge >= 0.3 is 11.9 Å². The third kappa shape index (κ3) is 13.4. The third-order valence-electron chi connectivity index (χ3n) is 4.08. The van der Waals surface area contributed by atoms with Crippen molar-refractivity contribution in [3.05, 3.63) is 40.0 Å².